The minimum Gasteiger partial charge on any atom is -0.494 e. The van der Waals surface area contributed by atoms with Crippen molar-refractivity contribution in [2.45, 2.75) is 82.8 Å². The Kier molecular flexibility index (Phi) is 6.50. The van der Waals surface area contributed by atoms with Gasteiger partial charge in [-0.25, -0.2) is 4.79 Å². The second-order valence-electron chi connectivity index (χ2n) is 8.60. The van der Waals surface area contributed by atoms with Gasteiger partial charge in [0.1, 0.15) is 5.56 Å². The van der Waals surface area contributed by atoms with E-state index in [2.05, 4.69) is 4.99 Å². The molecule has 0 unspecified atom stereocenters. The van der Waals surface area contributed by atoms with E-state index in [1.54, 1.807) is 0 Å². The van der Waals surface area contributed by atoms with Crippen LogP contribution in [0, 0.1) is 0 Å². The van der Waals surface area contributed by atoms with Gasteiger partial charge >= 0.3 is 5.69 Å². The minimum absolute atomic E-state index is 0.0528. The van der Waals surface area contributed by atoms with Crippen LogP contribution in [0.15, 0.2) is 44.9 Å². The summed E-state index contributed by atoms with van der Waals surface area (Å²) in [6.07, 6.45) is 11.3. The Morgan fingerprint density at radius 2 is 1.43 bits per heavy atom. The Morgan fingerprint density at radius 1 is 0.867 bits per heavy atom. The lowest BCUT2D eigenvalue weighted by Crippen LogP contribution is -2.45. The van der Waals surface area contributed by atoms with Crippen molar-refractivity contribution in [3.8, 4) is 5.88 Å². The molecule has 2 aliphatic carbocycles. The minimum atomic E-state index is -0.409. The molecule has 1 heterocycles. The normalized spacial score (nSPS) is 18.8. The molecule has 0 aliphatic heterocycles. The van der Waals surface area contributed by atoms with Crippen LogP contribution in [-0.2, 0) is 6.54 Å². The van der Waals surface area contributed by atoms with Gasteiger partial charge in [0.25, 0.3) is 5.56 Å². The van der Waals surface area contributed by atoms with Gasteiger partial charge in [-0.15, -0.1) is 0 Å². The third-order valence-electron chi connectivity index (χ3n) is 6.55. The molecule has 2 aromatic rings. The predicted octanol–water partition coefficient (Wildman–Crippen LogP) is 4.35. The first kappa shape index (κ1) is 20.6. The molecule has 2 saturated carbocycles. The average molecular weight is 410 g/mol. The lowest BCUT2D eigenvalue weighted by atomic mass is 9.94. The fourth-order valence-electron chi connectivity index (χ4n) is 4.92. The van der Waals surface area contributed by atoms with Crippen molar-refractivity contribution in [2.75, 3.05) is 0 Å². The lowest BCUT2D eigenvalue weighted by molar-refractivity contribution is 0.271. The number of benzene rings is 1. The second kappa shape index (κ2) is 9.45. The molecule has 2 aliphatic rings. The van der Waals surface area contributed by atoms with Crippen molar-refractivity contribution in [1.82, 2.24) is 9.13 Å². The van der Waals surface area contributed by atoms with Crippen LogP contribution < -0.4 is 11.2 Å². The largest absolute Gasteiger partial charge is 0.494 e. The Labute approximate surface area is 176 Å². The van der Waals surface area contributed by atoms with Gasteiger partial charge in [0, 0.05) is 18.3 Å². The molecule has 0 saturated heterocycles. The van der Waals surface area contributed by atoms with E-state index in [0.717, 1.165) is 69.8 Å². The van der Waals surface area contributed by atoms with Crippen LogP contribution in [0.2, 0.25) is 0 Å². The first-order valence-electron chi connectivity index (χ1n) is 11.3. The van der Waals surface area contributed by atoms with Crippen LogP contribution in [0.5, 0.6) is 5.88 Å². The van der Waals surface area contributed by atoms with Crippen LogP contribution in [0.4, 0.5) is 0 Å². The highest BCUT2D eigenvalue weighted by molar-refractivity contribution is 5.82. The number of hydrogen-bond donors (Lipinski definition) is 1. The molecular weight excluding hydrogens is 378 g/mol. The maximum Gasteiger partial charge on any atom is 0.334 e. The van der Waals surface area contributed by atoms with E-state index in [9.17, 15) is 14.7 Å². The molecule has 1 aromatic heterocycles. The molecule has 6 nitrogen and oxygen atoms in total. The summed E-state index contributed by atoms with van der Waals surface area (Å²) in [5.74, 6) is -0.222. The molecule has 0 atom stereocenters. The quantitative estimate of drug-likeness (QED) is 0.746. The van der Waals surface area contributed by atoms with Crippen molar-refractivity contribution < 1.29 is 5.11 Å². The molecular formula is C24H31N3O3. The van der Waals surface area contributed by atoms with E-state index in [1.165, 1.54) is 15.3 Å². The molecule has 160 valence electrons. The smallest absolute Gasteiger partial charge is 0.334 e. The number of nitrogens with zero attached hydrogens (tertiary/aromatic N) is 3. The molecule has 0 spiro atoms. The fourth-order valence-corrected chi connectivity index (χ4v) is 4.92. The van der Waals surface area contributed by atoms with E-state index in [0.29, 0.717) is 6.54 Å². The molecule has 1 N–H and O–H groups in total. The van der Waals surface area contributed by atoms with Crippen molar-refractivity contribution in [1.29, 1.82) is 0 Å². The highest BCUT2D eigenvalue weighted by Gasteiger charge is 2.28. The summed E-state index contributed by atoms with van der Waals surface area (Å²) in [7, 11) is 0. The predicted molar refractivity (Wildman–Crippen MR) is 119 cm³/mol. The monoisotopic (exact) mass is 409 g/mol. The van der Waals surface area contributed by atoms with Gasteiger partial charge in [-0.1, -0.05) is 68.9 Å². The molecule has 30 heavy (non-hydrogen) atoms. The summed E-state index contributed by atoms with van der Waals surface area (Å²) >= 11 is 0. The first-order chi connectivity index (χ1) is 14.7. The van der Waals surface area contributed by atoms with E-state index >= 15 is 0 Å². The van der Waals surface area contributed by atoms with E-state index in [1.807, 2.05) is 30.3 Å². The first-order valence-corrected chi connectivity index (χ1v) is 11.3. The summed E-state index contributed by atoms with van der Waals surface area (Å²) in [4.78, 5) is 31.1. The molecule has 6 heteroatoms. The SMILES string of the molecule is O=c1c(C=NCc2ccccc2)c(O)n(C2CCCCC2)c(=O)n1C1CCCCC1. The maximum absolute atomic E-state index is 13.4. The zero-order chi connectivity index (χ0) is 20.9. The zero-order valence-corrected chi connectivity index (χ0v) is 17.5. The van der Waals surface area contributed by atoms with Gasteiger partial charge in [0.05, 0.1) is 6.54 Å². The summed E-state index contributed by atoms with van der Waals surface area (Å²) in [6, 6.07) is 9.64. The summed E-state index contributed by atoms with van der Waals surface area (Å²) < 4.78 is 2.90. The van der Waals surface area contributed by atoms with Gasteiger partial charge in [-0.2, -0.15) is 0 Å². The summed E-state index contributed by atoms with van der Waals surface area (Å²) in [6.45, 7) is 0.422. The number of aliphatic imine (C=N–C) groups is 1. The van der Waals surface area contributed by atoms with Crippen molar-refractivity contribution in [3.05, 3.63) is 62.3 Å². The van der Waals surface area contributed by atoms with Gasteiger partial charge < -0.3 is 5.11 Å². The number of hydrogen-bond acceptors (Lipinski definition) is 4. The van der Waals surface area contributed by atoms with Crippen molar-refractivity contribution in [2.24, 2.45) is 4.99 Å². The molecule has 0 amide bonds. The number of aromatic hydroxyl groups is 1. The Balaban J connectivity index is 1.77. The van der Waals surface area contributed by atoms with E-state index in [4.69, 9.17) is 0 Å². The zero-order valence-electron chi connectivity index (χ0n) is 17.5. The van der Waals surface area contributed by atoms with Gasteiger partial charge in [-0.3, -0.25) is 18.9 Å². The number of rotatable bonds is 5. The van der Waals surface area contributed by atoms with Crippen LogP contribution in [0.25, 0.3) is 0 Å². The van der Waals surface area contributed by atoms with Gasteiger partial charge in [0.2, 0.25) is 5.88 Å². The standard InChI is InChI=1S/C24H31N3O3/c28-22-21(17-25-16-18-10-4-1-5-11-18)23(29)27(20-14-8-3-9-15-20)24(30)26(22)19-12-6-2-7-13-19/h1,4-5,10-11,17,19-20,28H,2-3,6-9,12-16H2. The van der Waals surface area contributed by atoms with Crippen molar-refractivity contribution >= 4 is 6.21 Å². The topological polar surface area (TPSA) is 76.6 Å². The Morgan fingerprint density at radius 3 is 2.03 bits per heavy atom. The highest BCUT2D eigenvalue weighted by atomic mass is 16.3. The Hall–Kier alpha value is -2.63. The lowest BCUT2D eigenvalue weighted by Gasteiger charge is -2.29. The van der Waals surface area contributed by atoms with Crippen LogP contribution >= 0.6 is 0 Å². The van der Waals surface area contributed by atoms with Crippen LogP contribution in [0.1, 0.15) is 87.4 Å². The third kappa shape index (κ3) is 4.27. The third-order valence-corrected chi connectivity index (χ3v) is 6.55. The summed E-state index contributed by atoms with van der Waals surface area (Å²) in [5.41, 5.74) is 0.410. The number of aromatic nitrogens is 2. The molecule has 4 rings (SSSR count). The molecule has 1 aromatic carbocycles. The highest BCUT2D eigenvalue weighted by Crippen LogP contribution is 2.31. The molecule has 2 fully saturated rings. The Bertz CT molecular complexity index is 995. The summed E-state index contributed by atoms with van der Waals surface area (Å²) in [5, 5.41) is 11.0. The van der Waals surface area contributed by atoms with Gasteiger partial charge in [-0.05, 0) is 31.2 Å². The maximum atomic E-state index is 13.4. The average Bonchev–Trinajstić information content (AvgIpc) is 2.78. The fraction of sp³-hybridized carbons (Fsp3) is 0.542. The van der Waals surface area contributed by atoms with E-state index < -0.39 is 5.56 Å². The molecule has 0 radical (unpaired) electrons. The van der Waals surface area contributed by atoms with Gasteiger partial charge in [0.15, 0.2) is 0 Å². The second-order valence-corrected chi connectivity index (χ2v) is 8.60. The van der Waals surface area contributed by atoms with Crippen LogP contribution in [-0.4, -0.2) is 20.5 Å². The van der Waals surface area contributed by atoms with Crippen LogP contribution in [0.3, 0.4) is 0 Å². The van der Waals surface area contributed by atoms with E-state index in [-0.39, 0.29) is 29.2 Å². The van der Waals surface area contributed by atoms with Crippen molar-refractivity contribution in [3.63, 3.8) is 0 Å². The molecule has 0 bridgehead atoms.